The maximum atomic E-state index is 12.2. The van der Waals surface area contributed by atoms with Crippen LogP contribution in [0.5, 0.6) is 0 Å². The van der Waals surface area contributed by atoms with Gasteiger partial charge in [-0.15, -0.1) is 11.3 Å². The zero-order chi connectivity index (χ0) is 10.1. The number of hydrogen-bond acceptors (Lipinski definition) is 3. The number of aryl methyl sites for hydroxylation is 1. The van der Waals surface area contributed by atoms with E-state index in [2.05, 4.69) is 4.98 Å². The van der Waals surface area contributed by atoms with Crippen molar-refractivity contribution >= 4 is 17.6 Å². The van der Waals surface area contributed by atoms with E-state index in [9.17, 15) is 18.0 Å². The van der Waals surface area contributed by atoms with Crippen LogP contribution < -0.4 is 0 Å². The molecule has 1 aromatic heterocycles. The molecule has 1 rings (SSSR count). The third kappa shape index (κ3) is 2.06. The molecule has 0 aliphatic heterocycles. The number of carbonyl (C=O) groups is 1. The lowest BCUT2D eigenvalue weighted by Crippen LogP contribution is -2.08. The van der Waals surface area contributed by atoms with E-state index in [-0.39, 0.29) is 16.3 Å². The summed E-state index contributed by atoms with van der Waals surface area (Å²) in [5.74, 6) is 0. The highest BCUT2D eigenvalue weighted by Crippen LogP contribution is 2.34. The molecule has 0 aliphatic rings. The van der Waals surface area contributed by atoms with E-state index in [0.717, 1.165) is 11.3 Å². The van der Waals surface area contributed by atoms with Crippen molar-refractivity contribution in [2.24, 2.45) is 0 Å². The number of aromatic nitrogens is 1. The van der Waals surface area contributed by atoms with Gasteiger partial charge in [-0.3, -0.25) is 4.79 Å². The average Bonchev–Trinajstić information content (AvgIpc) is 2.46. The van der Waals surface area contributed by atoms with Crippen LogP contribution in [0.25, 0.3) is 0 Å². The van der Waals surface area contributed by atoms with Gasteiger partial charge in [0.25, 0.3) is 0 Å². The van der Waals surface area contributed by atoms with Gasteiger partial charge in [-0.2, -0.15) is 13.2 Å². The molecule has 0 radical (unpaired) electrons. The Hall–Kier alpha value is -0.910. The van der Waals surface area contributed by atoms with Gasteiger partial charge in [0, 0.05) is 4.88 Å². The van der Waals surface area contributed by atoms with Gasteiger partial charge in [-0.05, 0) is 6.42 Å². The highest BCUT2D eigenvalue weighted by atomic mass is 32.1. The molecule has 0 unspecified atom stereocenters. The fourth-order valence-corrected chi connectivity index (χ4v) is 1.72. The van der Waals surface area contributed by atoms with Crippen molar-refractivity contribution in [3.05, 3.63) is 15.6 Å². The first-order chi connectivity index (χ1) is 5.99. The first-order valence-corrected chi connectivity index (χ1v) is 4.32. The lowest BCUT2D eigenvalue weighted by molar-refractivity contribution is -0.141. The van der Waals surface area contributed by atoms with Gasteiger partial charge in [0.2, 0.25) is 0 Å². The molecule has 1 heterocycles. The molecule has 72 valence electrons. The van der Waals surface area contributed by atoms with Crippen LogP contribution >= 0.6 is 11.3 Å². The summed E-state index contributed by atoms with van der Waals surface area (Å²) in [4.78, 5) is 13.5. The van der Waals surface area contributed by atoms with Crippen LogP contribution in [0.15, 0.2) is 0 Å². The van der Waals surface area contributed by atoms with Crippen LogP contribution in [0.2, 0.25) is 0 Å². The molecule has 0 saturated heterocycles. The Kier molecular flexibility index (Phi) is 2.70. The summed E-state index contributed by atoms with van der Waals surface area (Å²) < 4.78 is 36.6. The molecule has 0 bridgehead atoms. The second-order valence-electron chi connectivity index (χ2n) is 2.29. The van der Waals surface area contributed by atoms with Crippen LogP contribution in [0, 0.1) is 0 Å². The number of thiazole rings is 1. The van der Waals surface area contributed by atoms with Crippen molar-refractivity contribution in [1.82, 2.24) is 4.98 Å². The van der Waals surface area contributed by atoms with Crippen LogP contribution in [-0.2, 0) is 12.6 Å². The van der Waals surface area contributed by atoms with Crippen molar-refractivity contribution in [2.45, 2.75) is 19.5 Å². The molecule has 13 heavy (non-hydrogen) atoms. The minimum absolute atomic E-state index is 0.106. The fraction of sp³-hybridized carbons (Fsp3) is 0.429. The van der Waals surface area contributed by atoms with E-state index < -0.39 is 11.9 Å². The summed E-state index contributed by atoms with van der Waals surface area (Å²) in [5, 5.41) is -0.121. The van der Waals surface area contributed by atoms with Gasteiger partial charge in [0.05, 0.1) is 0 Å². The number of nitrogens with zero attached hydrogens (tertiary/aromatic N) is 1. The standard InChI is InChI=1S/C7H6F3NOS/c1-2-4-6(7(8,9)10)11-5(3-12)13-4/h3H,2H2,1H3. The van der Waals surface area contributed by atoms with Gasteiger partial charge in [0.1, 0.15) is 0 Å². The third-order valence-electron chi connectivity index (χ3n) is 1.40. The Bertz CT molecular complexity index is 318. The van der Waals surface area contributed by atoms with Gasteiger partial charge >= 0.3 is 6.18 Å². The summed E-state index contributed by atoms with van der Waals surface area (Å²) >= 11 is 0.787. The smallest absolute Gasteiger partial charge is 0.295 e. The van der Waals surface area contributed by atoms with Crippen LogP contribution in [-0.4, -0.2) is 11.3 Å². The Morgan fingerprint density at radius 2 is 2.15 bits per heavy atom. The number of alkyl halides is 3. The van der Waals surface area contributed by atoms with E-state index >= 15 is 0 Å². The Balaban J connectivity index is 3.19. The van der Waals surface area contributed by atoms with E-state index in [1.54, 1.807) is 6.92 Å². The molecule has 0 atom stereocenters. The van der Waals surface area contributed by atoms with Gasteiger partial charge < -0.3 is 0 Å². The normalized spacial score (nSPS) is 11.7. The Morgan fingerprint density at radius 1 is 1.54 bits per heavy atom. The minimum Gasteiger partial charge on any atom is -0.295 e. The molecule has 1 aromatic rings. The predicted molar refractivity (Wildman–Crippen MR) is 41.9 cm³/mol. The quantitative estimate of drug-likeness (QED) is 0.700. The summed E-state index contributed by atoms with van der Waals surface area (Å²) in [6.07, 6.45) is -3.89. The topological polar surface area (TPSA) is 30.0 Å². The van der Waals surface area contributed by atoms with E-state index in [4.69, 9.17) is 0 Å². The number of aldehydes is 1. The monoisotopic (exact) mass is 209 g/mol. The van der Waals surface area contributed by atoms with Crippen molar-refractivity contribution in [3.8, 4) is 0 Å². The SMILES string of the molecule is CCc1sc(C=O)nc1C(F)(F)F. The highest BCUT2D eigenvalue weighted by Gasteiger charge is 2.36. The lowest BCUT2D eigenvalue weighted by atomic mass is 10.3. The average molecular weight is 209 g/mol. The van der Waals surface area contributed by atoms with Crippen LogP contribution in [0.1, 0.15) is 27.3 Å². The van der Waals surface area contributed by atoms with Crippen LogP contribution in [0.4, 0.5) is 13.2 Å². The van der Waals surface area contributed by atoms with E-state index in [0.29, 0.717) is 6.29 Å². The molecule has 0 aliphatic carbocycles. The van der Waals surface area contributed by atoms with Gasteiger partial charge in [0.15, 0.2) is 17.0 Å². The van der Waals surface area contributed by atoms with Gasteiger partial charge in [-0.1, -0.05) is 6.92 Å². The van der Waals surface area contributed by atoms with Crippen LogP contribution in [0.3, 0.4) is 0 Å². The number of halogens is 3. The number of rotatable bonds is 2. The summed E-state index contributed by atoms with van der Waals surface area (Å²) in [7, 11) is 0. The third-order valence-corrected chi connectivity index (χ3v) is 2.53. The van der Waals surface area contributed by atoms with Crippen molar-refractivity contribution in [2.75, 3.05) is 0 Å². The van der Waals surface area contributed by atoms with E-state index in [1.165, 1.54) is 0 Å². The molecule has 2 nitrogen and oxygen atoms in total. The zero-order valence-corrected chi connectivity index (χ0v) is 7.50. The largest absolute Gasteiger partial charge is 0.434 e. The second kappa shape index (κ2) is 3.45. The minimum atomic E-state index is -4.46. The van der Waals surface area contributed by atoms with Gasteiger partial charge in [-0.25, -0.2) is 4.98 Å². The number of carbonyl (C=O) groups excluding carboxylic acids is 1. The maximum Gasteiger partial charge on any atom is 0.434 e. The number of hydrogen-bond donors (Lipinski definition) is 0. The lowest BCUT2D eigenvalue weighted by Gasteiger charge is -2.03. The maximum absolute atomic E-state index is 12.2. The molecule has 0 spiro atoms. The van der Waals surface area contributed by atoms with E-state index in [1.807, 2.05) is 0 Å². The molecule has 0 amide bonds. The highest BCUT2D eigenvalue weighted by molar-refractivity contribution is 7.13. The molecular formula is C7H6F3NOS. The molecule has 0 N–H and O–H groups in total. The summed E-state index contributed by atoms with van der Waals surface area (Å²) in [6.45, 7) is 1.59. The van der Waals surface area contributed by atoms with Crippen molar-refractivity contribution in [3.63, 3.8) is 0 Å². The predicted octanol–water partition coefficient (Wildman–Crippen LogP) is 2.54. The molecule has 0 aromatic carbocycles. The van der Waals surface area contributed by atoms with Crippen molar-refractivity contribution < 1.29 is 18.0 Å². The molecule has 0 fully saturated rings. The Morgan fingerprint density at radius 3 is 2.46 bits per heavy atom. The summed E-state index contributed by atoms with van der Waals surface area (Å²) in [5.41, 5.74) is -0.929. The molecule has 0 saturated carbocycles. The zero-order valence-electron chi connectivity index (χ0n) is 6.68. The Labute approximate surface area is 76.4 Å². The molecular weight excluding hydrogens is 203 g/mol. The fourth-order valence-electron chi connectivity index (χ4n) is 0.881. The summed E-state index contributed by atoms with van der Waals surface area (Å²) in [6, 6.07) is 0. The second-order valence-corrected chi connectivity index (χ2v) is 3.41. The first-order valence-electron chi connectivity index (χ1n) is 3.51. The first kappa shape index (κ1) is 10.2. The molecule has 6 heteroatoms. The van der Waals surface area contributed by atoms with Crippen molar-refractivity contribution in [1.29, 1.82) is 0 Å².